The molecule has 98 valence electrons. The minimum Gasteiger partial charge on any atom is -0.478 e. The molecule has 0 aromatic carbocycles. The van der Waals surface area contributed by atoms with Gasteiger partial charge in [0.2, 0.25) is 5.91 Å². The van der Waals surface area contributed by atoms with Gasteiger partial charge < -0.3 is 15.2 Å². The minimum absolute atomic E-state index is 0.0267. The fourth-order valence-corrected chi connectivity index (χ4v) is 1.29. The molecule has 0 unspecified atom stereocenters. The summed E-state index contributed by atoms with van der Waals surface area (Å²) in [5.74, 6) is -1.35. The number of methoxy groups -OCH3 is 1. The largest absolute Gasteiger partial charge is 0.478 e. The first-order valence-electron chi connectivity index (χ1n) is 5.37. The van der Waals surface area contributed by atoms with Gasteiger partial charge in [0.15, 0.2) is 0 Å². The Morgan fingerprint density at radius 1 is 1.44 bits per heavy atom. The van der Waals surface area contributed by atoms with Gasteiger partial charge in [0.1, 0.15) is 0 Å². The van der Waals surface area contributed by atoms with Gasteiger partial charge in [-0.3, -0.25) is 9.78 Å². The second-order valence-corrected chi connectivity index (χ2v) is 4.46. The van der Waals surface area contributed by atoms with E-state index in [1.807, 2.05) is 0 Å². The third-order valence-corrected chi connectivity index (χ3v) is 2.41. The van der Waals surface area contributed by atoms with Crippen molar-refractivity contribution in [2.75, 3.05) is 12.4 Å². The number of anilines is 1. The lowest BCUT2D eigenvalue weighted by atomic mass is 10.0. The number of nitrogens with one attached hydrogen (secondary N) is 1. The van der Waals surface area contributed by atoms with Gasteiger partial charge >= 0.3 is 5.97 Å². The number of carbonyl (C=O) groups is 2. The van der Waals surface area contributed by atoms with E-state index in [1.165, 1.54) is 25.6 Å². The van der Waals surface area contributed by atoms with Crippen LogP contribution in [0.3, 0.4) is 0 Å². The molecular weight excluding hydrogens is 236 g/mol. The number of amides is 1. The number of ether oxygens (including phenoxy) is 1. The van der Waals surface area contributed by atoms with Crippen molar-refractivity contribution in [3.05, 3.63) is 24.0 Å². The molecule has 1 heterocycles. The van der Waals surface area contributed by atoms with E-state index in [2.05, 4.69) is 10.3 Å². The van der Waals surface area contributed by atoms with Crippen LogP contribution in [0.4, 0.5) is 5.69 Å². The van der Waals surface area contributed by atoms with Crippen LogP contribution in [0.25, 0.3) is 0 Å². The average Bonchev–Trinajstić information content (AvgIpc) is 2.28. The molecule has 2 N–H and O–H groups in total. The smallest absolute Gasteiger partial charge is 0.337 e. The van der Waals surface area contributed by atoms with Gasteiger partial charge in [-0.15, -0.1) is 0 Å². The van der Waals surface area contributed by atoms with E-state index in [1.54, 1.807) is 13.8 Å². The number of hydrogen-bond acceptors (Lipinski definition) is 4. The highest BCUT2D eigenvalue weighted by atomic mass is 16.5. The Morgan fingerprint density at radius 2 is 2.11 bits per heavy atom. The maximum Gasteiger partial charge on any atom is 0.337 e. The molecule has 0 atom stereocenters. The molecule has 6 nitrogen and oxygen atoms in total. The molecule has 18 heavy (non-hydrogen) atoms. The second-order valence-electron chi connectivity index (χ2n) is 4.46. The van der Waals surface area contributed by atoms with Gasteiger partial charge in [-0.2, -0.15) is 0 Å². The summed E-state index contributed by atoms with van der Waals surface area (Å²) in [6, 6.07) is 1.35. The van der Waals surface area contributed by atoms with Crippen molar-refractivity contribution in [3.63, 3.8) is 0 Å². The molecule has 0 aliphatic carbocycles. The van der Waals surface area contributed by atoms with Crippen molar-refractivity contribution < 1.29 is 19.4 Å². The molecule has 1 rings (SSSR count). The molecule has 0 saturated carbocycles. The van der Waals surface area contributed by atoms with Gasteiger partial charge in [-0.25, -0.2) is 4.79 Å². The molecule has 0 bridgehead atoms. The maximum absolute atomic E-state index is 11.7. The molecule has 1 amide bonds. The number of rotatable bonds is 5. The lowest BCUT2D eigenvalue weighted by Crippen LogP contribution is -2.29. The quantitative estimate of drug-likeness (QED) is 0.829. The predicted octanol–water partition coefficient (Wildman–Crippen LogP) is 1.53. The van der Waals surface area contributed by atoms with E-state index in [0.29, 0.717) is 5.69 Å². The van der Waals surface area contributed by atoms with Crippen LogP contribution in [-0.4, -0.2) is 34.7 Å². The second kappa shape index (κ2) is 5.59. The number of carboxylic acids is 1. The molecule has 0 spiro atoms. The number of aromatic carboxylic acids is 1. The van der Waals surface area contributed by atoms with Gasteiger partial charge in [-0.1, -0.05) is 0 Å². The number of hydrogen-bond donors (Lipinski definition) is 2. The summed E-state index contributed by atoms with van der Waals surface area (Å²) in [7, 11) is 1.53. The van der Waals surface area contributed by atoms with Crippen LogP contribution >= 0.6 is 0 Å². The zero-order valence-corrected chi connectivity index (χ0v) is 10.6. The summed E-state index contributed by atoms with van der Waals surface area (Å²) >= 11 is 0. The topological polar surface area (TPSA) is 88.5 Å². The molecule has 0 fully saturated rings. The monoisotopic (exact) mass is 252 g/mol. The zero-order valence-electron chi connectivity index (χ0n) is 10.6. The first-order chi connectivity index (χ1) is 8.34. The van der Waals surface area contributed by atoms with E-state index in [0.717, 1.165) is 0 Å². The van der Waals surface area contributed by atoms with Gasteiger partial charge in [-0.05, 0) is 19.9 Å². The highest BCUT2D eigenvalue weighted by Gasteiger charge is 2.21. The van der Waals surface area contributed by atoms with E-state index >= 15 is 0 Å². The van der Waals surface area contributed by atoms with Crippen molar-refractivity contribution in [1.82, 2.24) is 4.98 Å². The number of aromatic nitrogens is 1. The SMILES string of the molecule is COC(C)(C)CC(=O)Nc1cncc(C(=O)O)c1. The van der Waals surface area contributed by atoms with E-state index in [-0.39, 0.29) is 17.9 Å². The Morgan fingerprint density at radius 3 is 2.67 bits per heavy atom. The number of carbonyl (C=O) groups excluding carboxylic acids is 1. The molecule has 6 heteroatoms. The minimum atomic E-state index is -1.09. The van der Waals surface area contributed by atoms with Crippen LogP contribution in [0, 0.1) is 0 Å². The van der Waals surface area contributed by atoms with Gasteiger partial charge in [0.05, 0.1) is 29.5 Å². The van der Waals surface area contributed by atoms with Crippen molar-refractivity contribution in [3.8, 4) is 0 Å². The summed E-state index contributed by atoms with van der Waals surface area (Å²) in [5, 5.41) is 11.4. The highest BCUT2D eigenvalue weighted by molar-refractivity contribution is 5.93. The average molecular weight is 252 g/mol. The van der Waals surface area contributed by atoms with Crippen molar-refractivity contribution in [2.24, 2.45) is 0 Å². The van der Waals surface area contributed by atoms with E-state index < -0.39 is 11.6 Å². The van der Waals surface area contributed by atoms with Crippen molar-refractivity contribution >= 4 is 17.6 Å². The molecule has 0 aliphatic heterocycles. The lowest BCUT2D eigenvalue weighted by Gasteiger charge is -2.21. The summed E-state index contributed by atoms with van der Waals surface area (Å²) in [6.07, 6.45) is 2.78. The van der Waals surface area contributed by atoms with Crippen molar-refractivity contribution in [2.45, 2.75) is 25.9 Å². The fourth-order valence-electron chi connectivity index (χ4n) is 1.29. The normalized spacial score (nSPS) is 11.1. The Hall–Kier alpha value is -1.95. The Balaban J connectivity index is 2.70. The molecule has 0 saturated heterocycles. The predicted molar refractivity (Wildman–Crippen MR) is 65.5 cm³/mol. The fraction of sp³-hybridized carbons (Fsp3) is 0.417. The summed E-state index contributed by atoms with van der Waals surface area (Å²) in [6.45, 7) is 3.58. The highest BCUT2D eigenvalue weighted by Crippen LogP contribution is 2.15. The van der Waals surface area contributed by atoms with Gasteiger partial charge in [0.25, 0.3) is 0 Å². The maximum atomic E-state index is 11.7. The van der Waals surface area contributed by atoms with Crippen LogP contribution in [-0.2, 0) is 9.53 Å². The molecular formula is C12H16N2O4. The molecule has 0 radical (unpaired) electrons. The number of pyridine rings is 1. The van der Waals surface area contributed by atoms with E-state index in [4.69, 9.17) is 9.84 Å². The first-order valence-corrected chi connectivity index (χ1v) is 5.37. The molecule has 1 aromatic rings. The Bertz CT molecular complexity index is 457. The van der Waals surface area contributed by atoms with Crippen LogP contribution in [0.15, 0.2) is 18.5 Å². The Labute approximate surface area is 105 Å². The van der Waals surface area contributed by atoms with Gasteiger partial charge in [0, 0.05) is 13.3 Å². The number of nitrogens with zero attached hydrogens (tertiary/aromatic N) is 1. The van der Waals surface area contributed by atoms with Crippen LogP contribution in [0.1, 0.15) is 30.6 Å². The lowest BCUT2D eigenvalue weighted by molar-refractivity contribution is -0.121. The zero-order chi connectivity index (χ0) is 13.8. The number of carboxylic acid groups (broad SMARTS) is 1. The summed E-state index contributed by atoms with van der Waals surface area (Å²) in [4.78, 5) is 26.2. The summed E-state index contributed by atoms with van der Waals surface area (Å²) in [5.41, 5.74) is -0.187. The van der Waals surface area contributed by atoms with Crippen LogP contribution < -0.4 is 5.32 Å². The molecule has 0 aliphatic rings. The van der Waals surface area contributed by atoms with E-state index in [9.17, 15) is 9.59 Å². The third-order valence-electron chi connectivity index (χ3n) is 2.41. The first kappa shape index (κ1) is 14.1. The van der Waals surface area contributed by atoms with Crippen LogP contribution in [0.5, 0.6) is 0 Å². The summed E-state index contributed by atoms with van der Waals surface area (Å²) < 4.78 is 5.14. The van der Waals surface area contributed by atoms with Crippen LogP contribution in [0.2, 0.25) is 0 Å². The Kier molecular flexibility index (Phi) is 4.38. The molecule has 1 aromatic heterocycles. The third kappa shape index (κ3) is 4.14. The van der Waals surface area contributed by atoms with Crippen molar-refractivity contribution in [1.29, 1.82) is 0 Å². The standard InChI is InChI=1S/C12H16N2O4/c1-12(2,18-3)5-10(15)14-9-4-8(11(16)17)6-13-7-9/h4,6-7H,5H2,1-3H3,(H,14,15)(H,16,17).